The largest absolute Gasteiger partial charge is 0.392 e. The van der Waals surface area contributed by atoms with Crippen molar-refractivity contribution in [3.63, 3.8) is 0 Å². The predicted molar refractivity (Wildman–Crippen MR) is 134 cm³/mol. The molecule has 5 N–H and O–H groups in total. The van der Waals surface area contributed by atoms with Crippen LogP contribution in [0.1, 0.15) is 71.9 Å². The summed E-state index contributed by atoms with van der Waals surface area (Å²) < 4.78 is 0. The molecule has 5 nitrogen and oxygen atoms in total. The van der Waals surface area contributed by atoms with E-state index in [1.54, 1.807) is 0 Å². The van der Waals surface area contributed by atoms with E-state index < -0.39 is 5.41 Å². The van der Waals surface area contributed by atoms with E-state index in [-0.39, 0.29) is 43.5 Å². The topological polar surface area (TPSA) is 104 Å². The molecule has 0 unspecified atom stereocenters. The van der Waals surface area contributed by atoms with E-state index >= 15 is 0 Å². The summed E-state index contributed by atoms with van der Waals surface area (Å²) in [5, 5.41) is 28.4. The number of carbonyl (C=O) groups excluding carboxylic acids is 1. The Labute approximate surface area is 201 Å². The molecule has 0 aliphatic rings. The van der Waals surface area contributed by atoms with Gasteiger partial charge in [-0.2, -0.15) is 0 Å². The van der Waals surface area contributed by atoms with Crippen molar-refractivity contribution in [1.82, 2.24) is 0 Å². The number of nitrogens with two attached hydrogens (primary N) is 1. The van der Waals surface area contributed by atoms with Gasteiger partial charge in [-0.25, -0.2) is 0 Å². The van der Waals surface area contributed by atoms with Gasteiger partial charge in [-0.3, -0.25) is 4.79 Å². The SMILES string of the molecule is C[C@@H](c1ccc(CO)cc1)C(C(N)=O)([C@@H](C)c1ccc(CO)cc1)[C@@H](C)c1ccc(CO)cc1. The second-order valence-corrected chi connectivity index (χ2v) is 9.16. The molecule has 1 amide bonds. The molecule has 3 rings (SSSR count). The number of benzene rings is 3. The molecular weight excluding hydrogens is 426 g/mol. The molecular formula is C29H35NO4. The van der Waals surface area contributed by atoms with Gasteiger partial charge in [0.15, 0.2) is 0 Å². The zero-order valence-corrected chi connectivity index (χ0v) is 20.1. The van der Waals surface area contributed by atoms with Gasteiger partial charge >= 0.3 is 0 Å². The highest BCUT2D eigenvalue weighted by Crippen LogP contribution is 2.55. The average molecular weight is 462 g/mol. The first kappa shape index (κ1) is 25.6. The fourth-order valence-electron chi connectivity index (χ4n) is 5.33. The lowest BCUT2D eigenvalue weighted by molar-refractivity contribution is -0.131. The van der Waals surface area contributed by atoms with Crippen molar-refractivity contribution in [2.45, 2.75) is 58.3 Å². The summed E-state index contributed by atoms with van der Waals surface area (Å²) in [5.74, 6) is -1.10. The van der Waals surface area contributed by atoms with Crippen LogP contribution >= 0.6 is 0 Å². The molecule has 0 aliphatic carbocycles. The minimum atomic E-state index is -0.984. The van der Waals surface area contributed by atoms with E-state index in [9.17, 15) is 20.1 Å². The van der Waals surface area contributed by atoms with Gasteiger partial charge in [0.2, 0.25) is 5.91 Å². The highest BCUT2D eigenvalue weighted by molar-refractivity contribution is 5.84. The molecule has 0 bridgehead atoms. The van der Waals surface area contributed by atoms with Crippen LogP contribution in [0, 0.1) is 5.41 Å². The Bertz CT molecular complexity index is 945. The van der Waals surface area contributed by atoms with Crippen LogP contribution in [0.5, 0.6) is 0 Å². The second-order valence-electron chi connectivity index (χ2n) is 9.16. The number of aliphatic hydroxyl groups excluding tert-OH is 3. The Morgan fingerprint density at radius 2 is 0.853 bits per heavy atom. The molecule has 0 heterocycles. The number of hydrogen-bond acceptors (Lipinski definition) is 4. The fourth-order valence-corrected chi connectivity index (χ4v) is 5.33. The molecule has 3 aromatic carbocycles. The fraction of sp³-hybridized carbons (Fsp3) is 0.345. The first-order valence-electron chi connectivity index (χ1n) is 11.7. The molecule has 0 fully saturated rings. The van der Waals surface area contributed by atoms with E-state index in [0.717, 1.165) is 33.4 Å². The minimum Gasteiger partial charge on any atom is -0.392 e. The van der Waals surface area contributed by atoms with Crippen LogP contribution in [0.4, 0.5) is 0 Å². The normalized spacial score (nSPS) is 14.4. The summed E-state index contributed by atoms with van der Waals surface area (Å²) in [6.07, 6.45) is 0. The number of rotatable bonds is 10. The first-order chi connectivity index (χ1) is 16.3. The highest BCUT2D eigenvalue weighted by Gasteiger charge is 2.52. The van der Waals surface area contributed by atoms with Gasteiger partial charge < -0.3 is 21.1 Å². The molecule has 3 atom stereocenters. The van der Waals surface area contributed by atoms with Crippen molar-refractivity contribution in [3.8, 4) is 0 Å². The summed E-state index contributed by atoms with van der Waals surface area (Å²) in [6, 6.07) is 23.0. The van der Waals surface area contributed by atoms with Crippen molar-refractivity contribution in [2.24, 2.45) is 11.1 Å². The van der Waals surface area contributed by atoms with Crippen LogP contribution in [-0.4, -0.2) is 21.2 Å². The Balaban J connectivity index is 2.19. The smallest absolute Gasteiger partial charge is 0.225 e. The van der Waals surface area contributed by atoms with E-state index in [2.05, 4.69) is 0 Å². The molecule has 0 aliphatic heterocycles. The number of carbonyl (C=O) groups is 1. The Morgan fingerprint density at radius 3 is 1.03 bits per heavy atom. The highest BCUT2D eigenvalue weighted by atomic mass is 16.3. The molecule has 0 saturated carbocycles. The minimum absolute atomic E-state index is 0.0448. The van der Waals surface area contributed by atoms with Crippen molar-refractivity contribution >= 4 is 5.91 Å². The number of hydrogen-bond donors (Lipinski definition) is 4. The van der Waals surface area contributed by atoms with Crippen molar-refractivity contribution < 1.29 is 20.1 Å². The summed E-state index contributed by atoms with van der Waals surface area (Å²) in [7, 11) is 0. The average Bonchev–Trinajstić information content (AvgIpc) is 2.88. The lowest BCUT2D eigenvalue weighted by atomic mass is 9.55. The summed E-state index contributed by atoms with van der Waals surface area (Å²) in [5.41, 5.74) is 10.6. The van der Waals surface area contributed by atoms with E-state index in [1.807, 2.05) is 93.6 Å². The quantitative estimate of drug-likeness (QED) is 0.360. The number of amides is 1. The van der Waals surface area contributed by atoms with Gasteiger partial charge in [-0.1, -0.05) is 93.6 Å². The third kappa shape index (κ3) is 4.78. The molecule has 0 spiro atoms. The van der Waals surface area contributed by atoms with Crippen LogP contribution in [0.15, 0.2) is 72.8 Å². The zero-order chi connectivity index (χ0) is 24.9. The standard InChI is InChI=1S/C29H35NO4/c1-19(25-10-4-22(16-31)5-11-25)29(28(30)34,20(2)26-12-6-23(17-32)7-13-26)21(3)27-14-8-24(18-33)9-15-27/h4-15,19-21,31-33H,16-18H2,1-3H3,(H2,30,34)/t19-,20-,21-/m0/s1. The molecule has 3 aromatic rings. The Morgan fingerprint density at radius 1 is 0.618 bits per heavy atom. The summed E-state index contributed by atoms with van der Waals surface area (Å²) in [6.45, 7) is 5.98. The van der Waals surface area contributed by atoms with Crippen LogP contribution in [0.3, 0.4) is 0 Å². The molecule has 180 valence electrons. The van der Waals surface area contributed by atoms with Gasteiger partial charge in [0.05, 0.1) is 25.2 Å². The van der Waals surface area contributed by atoms with Crippen LogP contribution in [-0.2, 0) is 24.6 Å². The number of primary amides is 1. The first-order valence-corrected chi connectivity index (χ1v) is 11.7. The predicted octanol–water partition coefficient (Wildman–Crippen LogP) is 4.35. The second kappa shape index (κ2) is 11.0. The molecule has 5 heteroatoms. The lowest BCUT2D eigenvalue weighted by Gasteiger charge is -2.46. The van der Waals surface area contributed by atoms with E-state index in [0.29, 0.717) is 0 Å². The van der Waals surface area contributed by atoms with Gasteiger partial charge in [0.25, 0.3) is 0 Å². The summed E-state index contributed by atoms with van der Waals surface area (Å²) >= 11 is 0. The van der Waals surface area contributed by atoms with Gasteiger partial charge in [0.1, 0.15) is 0 Å². The summed E-state index contributed by atoms with van der Waals surface area (Å²) in [4.78, 5) is 13.5. The molecule has 0 aromatic heterocycles. The van der Waals surface area contributed by atoms with Gasteiger partial charge in [0, 0.05) is 0 Å². The third-order valence-electron chi connectivity index (χ3n) is 7.56. The molecule has 0 radical (unpaired) electrons. The maximum Gasteiger partial charge on any atom is 0.225 e. The van der Waals surface area contributed by atoms with Gasteiger partial charge in [-0.15, -0.1) is 0 Å². The molecule has 0 saturated heterocycles. The third-order valence-corrected chi connectivity index (χ3v) is 7.56. The van der Waals surface area contributed by atoms with Crippen molar-refractivity contribution in [1.29, 1.82) is 0 Å². The van der Waals surface area contributed by atoms with Crippen LogP contribution < -0.4 is 5.73 Å². The van der Waals surface area contributed by atoms with Crippen LogP contribution in [0.2, 0.25) is 0 Å². The van der Waals surface area contributed by atoms with Gasteiger partial charge in [-0.05, 0) is 51.1 Å². The zero-order valence-electron chi connectivity index (χ0n) is 20.1. The Kier molecular flexibility index (Phi) is 8.26. The Hall–Kier alpha value is -2.99. The van der Waals surface area contributed by atoms with Crippen molar-refractivity contribution in [3.05, 3.63) is 106 Å². The molecule has 34 heavy (non-hydrogen) atoms. The number of aliphatic hydroxyl groups is 3. The maximum absolute atomic E-state index is 13.5. The van der Waals surface area contributed by atoms with E-state index in [4.69, 9.17) is 5.73 Å². The van der Waals surface area contributed by atoms with Crippen LogP contribution in [0.25, 0.3) is 0 Å². The monoisotopic (exact) mass is 461 g/mol. The van der Waals surface area contributed by atoms with Crippen molar-refractivity contribution in [2.75, 3.05) is 0 Å². The lowest BCUT2D eigenvalue weighted by Crippen LogP contribution is -2.49. The van der Waals surface area contributed by atoms with E-state index in [1.165, 1.54) is 0 Å². The maximum atomic E-state index is 13.5.